The Balaban J connectivity index is 1.58. The van der Waals surface area contributed by atoms with E-state index in [1.54, 1.807) is 18.3 Å². The molecule has 0 amide bonds. The molecule has 1 aromatic heterocycles. The van der Waals surface area contributed by atoms with E-state index in [1.807, 2.05) is 12.1 Å². The van der Waals surface area contributed by atoms with Crippen molar-refractivity contribution < 1.29 is 4.39 Å². The number of anilines is 2. The highest BCUT2D eigenvalue weighted by Crippen LogP contribution is 2.11. The van der Waals surface area contributed by atoms with Gasteiger partial charge < -0.3 is 10.6 Å². The molecule has 24 heavy (non-hydrogen) atoms. The average molecular weight is 322 g/mol. The molecule has 0 spiro atoms. The lowest BCUT2D eigenvalue weighted by Crippen LogP contribution is -2.07. The minimum atomic E-state index is -0.239. The SMILES string of the molecule is Cc1cccc(CNc2ccnc(NCc3ccc(F)cc3)n2)c1. The smallest absolute Gasteiger partial charge is 0.224 e. The predicted molar refractivity (Wildman–Crippen MR) is 94.3 cm³/mol. The van der Waals surface area contributed by atoms with Crippen LogP contribution in [0.3, 0.4) is 0 Å². The quantitative estimate of drug-likeness (QED) is 0.716. The summed E-state index contributed by atoms with van der Waals surface area (Å²) < 4.78 is 12.9. The van der Waals surface area contributed by atoms with E-state index in [1.165, 1.54) is 23.3 Å². The van der Waals surface area contributed by atoms with Gasteiger partial charge in [-0.15, -0.1) is 0 Å². The summed E-state index contributed by atoms with van der Waals surface area (Å²) in [5.41, 5.74) is 3.41. The molecule has 0 saturated carbocycles. The molecule has 0 atom stereocenters. The maximum atomic E-state index is 12.9. The Bertz CT molecular complexity index is 802. The lowest BCUT2D eigenvalue weighted by atomic mass is 10.1. The molecule has 0 aliphatic carbocycles. The Labute approximate surface area is 140 Å². The average Bonchev–Trinajstić information content (AvgIpc) is 2.60. The summed E-state index contributed by atoms with van der Waals surface area (Å²) in [5, 5.41) is 6.44. The van der Waals surface area contributed by atoms with Crippen molar-refractivity contribution >= 4 is 11.8 Å². The van der Waals surface area contributed by atoms with Crippen LogP contribution in [-0.4, -0.2) is 9.97 Å². The first-order valence-electron chi connectivity index (χ1n) is 7.80. The van der Waals surface area contributed by atoms with Crippen molar-refractivity contribution in [2.75, 3.05) is 10.6 Å². The highest BCUT2D eigenvalue weighted by Gasteiger charge is 2.01. The van der Waals surface area contributed by atoms with E-state index in [9.17, 15) is 4.39 Å². The maximum Gasteiger partial charge on any atom is 0.224 e. The highest BCUT2D eigenvalue weighted by molar-refractivity contribution is 5.41. The Kier molecular flexibility index (Phi) is 5.01. The molecule has 0 aliphatic rings. The molecule has 0 fully saturated rings. The minimum Gasteiger partial charge on any atom is -0.366 e. The molecule has 4 nitrogen and oxygen atoms in total. The van der Waals surface area contributed by atoms with E-state index in [2.05, 4.69) is 45.7 Å². The van der Waals surface area contributed by atoms with Crippen molar-refractivity contribution in [2.24, 2.45) is 0 Å². The molecular weight excluding hydrogens is 303 g/mol. The third-order valence-electron chi connectivity index (χ3n) is 3.58. The largest absolute Gasteiger partial charge is 0.366 e. The van der Waals surface area contributed by atoms with Gasteiger partial charge in [-0.2, -0.15) is 4.98 Å². The Hall–Kier alpha value is -2.95. The maximum absolute atomic E-state index is 12.9. The fourth-order valence-electron chi connectivity index (χ4n) is 2.34. The monoisotopic (exact) mass is 322 g/mol. The Morgan fingerprint density at radius 1 is 0.917 bits per heavy atom. The predicted octanol–water partition coefficient (Wildman–Crippen LogP) is 4.15. The number of benzene rings is 2. The van der Waals surface area contributed by atoms with Crippen LogP contribution >= 0.6 is 0 Å². The topological polar surface area (TPSA) is 49.8 Å². The summed E-state index contributed by atoms with van der Waals surface area (Å²) in [5.74, 6) is 1.05. The van der Waals surface area contributed by atoms with E-state index in [0.717, 1.165) is 11.4 Å². The summed E-state index contributed by atoms with van der Waals surface area (Å²) in [6.45, 7) is 3.32. The molecule has 0 saturated heterocycles. The van der Waals surface area contributed by atoms with Gasteiger partial charge in [0.25, 0.3) is 0 Å². The second-order valence-electron chi connectivity index (χ2n) is 5.59. The number of hydrogen-bond donors (Lipinski definition) is 2. The van der Waals surface area contributed by atoms with Crippen LogP contribution in [0.4, 0.5) is 16.2 Å². The van der Waals surface area contributed by atoms with Crippen LogP contribution in [0.15, 0.2) is 60.8 Å². The normalized spacial score (nSPS) is 10.4. The van der Waals surface area contributed by atoms with Crippen LogP contribution in [0.5, 0.6) is 0 Å². The lowest BCUT2D eigenvalue weighted by molar-refractivity contribution is 0.627. The van der Waals surface area contributed by atoms with E-state index in [-0.39, 0.29) is 5.82 Å². The van der Waals surface area contributed by atoms with Crippen molar-refractivity contribution in [3.63, 3.8) is 0 Å². The van der Waals surface area contributed by atoms with Crippen LogP contribution in [0.1, 0.15) is 16.7 Å². The van der Waals surface area contributed by atoms with Crippen LogP contribution in [-0.2, 0) is 13.1 Å². The molecule has 0 unspecified atom stereocenters. The first-order chi connectivity index (χ1) is 11.7. The molecule has 2 aromatic carbocycles. The number of nitrogens with one attached hydrogen (secondary N) is 2. The number of aromatic nitrogens is 2. The van der Waals surface area contributed by atoms with E-state index in [0.29, 0.717) is 19.0 Å². The zero-order valence-electron chi connectivity index (χ0n) is 13.5. The molecule has 0 radical (unpaired) electrons. The molecule has 1 heterocycles. The Morgan fingerprint density at radius 3 is 2.50 bits per heavy atom. The number of rotatable bonds is 6. The molecule has 5 heteroatoms. The van der Waals surface area contributed by atoms with E-state index >= 15 is 0 Å². The summed E-state index contributed by atoms with van der Waals surface area (Å²) in [6, 6.07) is 16.5. The molecular formula is C19H19FN4. The van der Waals surface area contributed by atoms with Gasteiger partial charge in [-0.3, -0.25) is 0 Å². The van der Waals surface area contributed by atoms with Crippen LogP contribution < -0.4 is 10.6 Å². The summed E-state index contributed by atoms with van der Waals surface area (Å²) in [6.07, 6.45) is 1.71. The highest BCUT2D eigenvalue weighted by atomic mass is 19.1. The number of hydrogen-bond acceptors (Lipinski definition) is 4. The van der Waals surface area contributed by atoms with Gasteiger partial charge in [-0.1, -0.05) is 42.0 Å². The fourth-order valence-corrected chi connectivity index (χ4v) is 2.34. The van der Waals surface area contributed by atoms with Crippen LogP contribution in [0.2, 0.25) is 0 Å². The van der Waals surface area contributed by atoms with Crippen molar-refractivity contribution in [1.82, 2.24) is 9.97 Å². The number of aryl methyl sites for hydroxylation is 1. The lowest BCUT2D eigenvalue weighted by Gasteiger charge is -2.09. The molecule has 122 valence electrons. The van der Waals surface area contributed by atoms with Crippen molar-refractivity contribution in [3.8, 4) is 0 Å². The van der Waals surface area contributed by atoms with Gasteiger partial charge in [-0.05, 0) is 36.2 Å². The standard InChI is InChI=1S/C19H19FN4/c1-14-3-2-4-16(11-14)13-22-18-9-10-21-19(24-18)23-12-15-5-7-17(20)8-6-15/h2-11H,12-13H2,1H3,(H2,21,22,23,24). The van der Waals surface area contributed by atoms with Gasteiger partial charge >= 0.3 is 0 Å². The van der Waals surface area contributed by atoms with Gasteiger partial charge in [0.05, 0.1) is 0 Å². The van der Waals surface area contributed by atoms with Gasteiger partial charge in [-0.25, -0.2) is 9.37 Å². The molecule has 0 aliphatic heterocycles. The first kappa shape index (κ1) is 15.9. The number of halogens is 1. The van der Waals surface area contributed by atoms with E-state index in [4.69, 9.17) is 0 Å². The van der Waals surface area contributed by atoms with Crippen molar-refractivity contribution in [3.05, 3.63) is 83.3 Å². The zero-order valence-corrected chi connectivity index (χ0v) is 13.5. The van der Waals surface area contributed by atoms with Crippen molar-refractivity contribution in [1.29, 1.82) is 0 Å². The van der Waals surface area contributed by atoms with Gasteiger partial charge in [0.15, 0.2) is 0 Å². The molecule has 3 rings (SSSR count). The second-order valence-corrected chi connectivity index (χ2v) is 5.59. The van der Waals surface area contributed by atoms with Gasteiger partial charge in [0.2, 0.25) is 5.95 Å². The summed E-state index contributed by atoms with van der Waals surface area (Å²) in [7, 11) is 0. The number of nitrogens with zero attached hydrogens (tertiary/aromatic N) is 2. The summed E-state index contributed by atoms with van der Waals surface area (Å²) >= 11 is 0. The fraction of sp³-hybridized carbons (Fsp3) is 0.158. The van der Waals surface area contributed by atoms with Gasteiger partial charge in [0.1, 0.15) is 11.6 Å². The van der Waals surface area contributed by atoms with Crippen LogP contribution in [0.25, 0.3) is 0 Å². The minimum absolute atomic E-state index is 0.239. The Morgan fingerprint density at radius 2 is 1.71 bits per heavy atom. The third kappa shape index (κ3) is 4.52. The van der Waals surface area contributed by atoms with Crippen LogP contribution in [0, 0.1) is 12.7 Å². The molecule has 3 aromatic rings. The molecule has 2 N–H and O–H groups in total. The van der Waals surface area contributed by atoms with Crippen molar-refractivity contribution in [2.45, 2.75) is 20.0 Å². The third-order valence-corrected chi connectivity index (χ3v) is 3.58. The molecule has 0 bridgehead atoms. The first-order valence-corrected chi connectivity index (χ1v) is 7.80. The zero-order chi connectivity index (χ0) is 16.8. The summed E-state index contributed by atoms with van der Waals surface area (Å²) in [4.78, 5) is 8.64. The second kappa shape index (κ2) is 7.55. The van der Waals surface area contributed by atoms with E-state index < -0.39 is 0 Å². The van der Waals surface area contributed by atoms with Gasteiger partial charge in [0, 0.05) is 19.3 Å².